The average Bonchev–Trinajstić information content (AvgIpc) is 2.25. The molecular formula is C12H16IN. The van der Waals surface area contributed by atoms with Crippen LogP contribution in [0.2, 0.25) is 0 Å². The van der Waals surface area contributed by atoms with Gasteiger partial charge in [-0.05, 0) is 0 Å². The fourth-order valence-corrected chi connectivity index (χ4v) is 3.10. The van der Waals surface area contributed by atoms with Gasteiger partial charge in [-0.2, -0.15) is 0 Å². The molecule has 14 heavy (non-hydrogen) atoms. The van der Waals surface area contributed by atoms with E-state index < -0.39 is 0 Å². The van der Waals surface area contributed by atoms with Crippen LogP contribution in [-0.4, -0.2) is 4.43 Å². The van der Waals surface area contributed by atoms with Crippen LogP contribution in [0.15, 0.2) is 24.3 Å². The van der Waals surface area contributed by atoms with E-state index in [4.69, 9.17) is 6.42 Å². The predicted octanol–water partition coefficient (Wildman–Crippen LogP) is -1.79. The van der Waals surface area contributed by atoms with Crippen LogP contribution in [0.4, 0.5) is 0 Å². The van der Waals surface area contributed by atoms with E-state index in [1.54, 1.807) is 0 Å². The van der Waals surface area contributed by atoms with Gasteiger partial charge in [-0.1, -0.05) is 0 Å². The molecular weight excluding hydrogens is 285 g/mol. The molecule has 0 aliphatic heterocycles. The zero-order valence-electron chi connectivity index (χ0n) is 8.46. The zero-order valence-corrected chi connectivity index (χ0v) is 10.6. The molecule has 1 rings (SSSR count). The Balaban J connectivity index is 2.86. The molecule has 0 aromatic heterocycles. The zero-order chi connectivity index (χ0) is 10.4. The normalized spacial score (nSPS) is 12.4. The molecule has 76 valence electrons. The van der Waals surface area contributed by atoms with Gasteiger partial charge in [0.15, 0.2) is 0 Å². The van der Waals surface area contributed by atoms with E-state index >= 15 is 0 Å². The molecule has 0 heterocycles. The summed E-state index contributed by atoms with van der Waals surface area (Å²) in [7, 11) is 0. The minimum absolute atomic E-state index is 0.00654. The first-order valence-corrected chi connectivity index (χ1v) is 7.75. The van der Waals surface area contributed by atoms with Crippen molar-refractivity contribution in [2.45, 2.75) is 17.4 Å². The molecule has 0 amide bonds. The molecule has 1 aromatic carbocycles. The number of halogens is 1. The third-order valence-corrected chi connectivity index (χ3v) is 4.50. The Morgan fingerprint density at radius 1 is 1.50 bits per heavy atom. The second kappa shape index (κ2) is 6.05. The third kappa shape index (κ3) is 3.00. The first-order chi connectivity index (χ1) is 6.79. The summed E-state index contributed by atoms with van der Waals surface area (Å²) < 4.78 is 2.55. The van der Waals surface area contributed by atoms with Gasteiger partial charge in [0.05, 0.1) is 0 Å². The summed E-state index contributed by atoms with van der Waals surface area (Å²) in [5.41, 5.74) is 6.61. The van der Waals surface area contributed by atoms with E-state index in [0.717, 1.165) is 0 Å². The van der Waals surface area contributed by atoms with E-state index in [2.05, 4.69) is 36.8 Å². The van der Waals surface area contributed by atoms with Crippen molar-refractivity contribution >= 4 is 0 Å². The van der Waals surface area contributed by atoms with Crippen molar-refractivity contribution in [1.29, 1.82) is 0 Å². The molecule has 1 aromatic rings. The molecule has 0 aliphatic carbocycles. The molecule has 1 unspecified atom stereocenters. The molecule has 0 fully saturated rings. The van der Waals surface area contributed by atoms with Gasteiger partial charge in [-0.3, -0.25) is 0 Å². The molecule has 0 saturated heterocycles. The Bertz CT molecular complexity index is 327. The Morgan fingerprint density at radius 3 is 2.86 bits per heavy atom. The van der Waals surface area contributed by atoms with E-state index in [1.165, 1.54) is 20.0 Å². The van der Waals surface area contributed by atoms with Crippen molar-refractivity contribution in [3.63, 3.8) is 0 Å². The predicted molar refractivity (Wildman–Crippen MR) is 55.1 cm³/mol. The second-order valence-electron chi connectivity index (χ2n) is 3.01. The SMILES string of the molecule is C#CC([NH3+])c1ccccc1C[I-]CC. The third-order valence-electron chi connectivity index (χ3n) is 2.06. The van der Waals surface area contributed by atoms with E-state index in [0.29, 0.717) is 21.2 Å². The van der Waals surface area contributed by atoms with Gasteiger partial charge in [-0.25, -0.2) is 0 Å². The number of alkyl halides is 2. The van der Waals surface area contributed by atoms with Crippen molar-refractivity contribution in [2.75, 3.05) is 4.43 Å². The van der Waals surface area contributed by atoms with Crippen LogP contribution >= 0.6 is 0 Å². The van der Waals surface area contributed by atoms with E-state index in [-0.39, 0.29) is 6.04 Å². The number of hydrogen-bond acceptors (Lipinski definition) is 0. The first-order valence-electron chi connectivity index (χ1n) is 4.70. The summed E-state index contributed by atoms with van der Waals surface area (Å²) in [6.45, 7) is 2.25. The minimum atomic E-state index is 0.00654. The van der Waals surface area contributed by atoms with E-state index in [9.17, 15) is 0 Å². The summed E-state index contributed by atoms with van der Waals surface area (Å²) in [5, 5.41) is 0. The molecule has 1 nitrogen and oxygen atoms in total. The summed E-state index contributed by atoms with van der Waals surface area (Å²) in [5.74, 6) is 2.70. The van der Waals surface area contributed by atoms with Gasteiger partial charge in [0.2, 0.25) is 0 Å². The molecule has 0 saturated carbocycles. The van der Waals surface area contributed by atoms with Crippen molar-refractivity contribution in [2.24, 2.45) is 0 Å². The Labute approximate surface area is 96.3 Å². The molecule has 0 bridgehead atoms. The van der Waals surface area contributed by atoms with Gasteiger partial charge < -0.3 is 0 Å². The van der Waals surface area contributed by atoms with Crippen molar-refractivity contribution < 1.29 is 26.9 Å². The maximum absolute atomic E-state index is 5.40. The van der Waals surface area contributed by atoms with Crippen LogP contribution < -0.4 is 26.9 Å². The van der Waals surface area contributed by atoms with Crippen LogP contribution in [0.3, 0.4) is 0 Å². The Hall–Kier alpha value is -0.530. The molecule has 0 radical (unpaired) electrons. The van der Waals surface area contributed by atoms with Crippen molar-refractivity contribution in [1.82, 2.24) is 0 Å². The fourth-order valence-electron chi connectivity index (χ4n) is 1.28. The molecule has 2 heteroatoms. The maximum atomic E-state index is 5.40. The molecule has 1 atom stereocenters. The number of terminal acetylenes is 1. The van der Waals surface area contributed by atoms with Gasteiger partial charge in [-0.15, -0.1) is 0 Å². The van der Waals surface area contributed by atoms with Crippen molar-refractivity contribution in [3.8, 4) is 12.3 Å². The quantitative estimate of drug-likeness (QED) is 0.387. The number of benzene rings is 1. The van der Waals surface area contributed by atoms with Gasteiger partial charge in [0.1, 0.15) is 0 Å². The summed E-state index contributed by atoms with van der Waals surface area (Å²) in [4.78, 5) is 0. The Kier molecular flexibility index (Phi) is 4.99. The molecule has 0 aliphatic rings. The standard InChI is InChI=1S/C12H15IN/c1-3-12(14)11-8-6-5-7-10(11)9-13-4-2/h1,5-8,12H,4,9,14H2,2H3/q-1/p+1. The number of rotatable bonds is 4. The van der Waals surface area contributed by atoms with Crippen molar-refractivity contribution in [3.05, 3.63) is 35.4 Å². The topological polar surface area (TPSA) is 27.6 Å². The number of hydrogen-bond donors (Lipinski definition) is 1. The molecule has 0 spiro atoms. The van der Waals surface area contributed by atoms with Crippen LogP contribution in [0, 0.1) is 12.3 Å². The van der Waals surface area contributed by atoms with Crippen LogP contribution in [0.1, 0.15) is 24.1 Å². The summed E-state index contributed by atoms with van der Waals surface area (Å²) in [6, 6.07) is 8.42. The number of quaternary nitrogens is 1. The van der Waals surface area contributed by atoms with Gasteiger partial charge >= 0.3 is 96.5 Å². The Morgan fingerprint density at radius 2 is 2.21 bits per heavy atom. The molecule has 3 N–H and O–H groups in total. The first kappa shape index (κ1) is 11.5. The monoisotopic (exact) mass is 301 g/mol. The summed E-state index contributed by atoms with van der Waals surface area (Å²) >= 11 is 0.305. The second-order valence-corrected chi connectivity index (χ2v) is 6.38. The summed E-state index contributed by atoms with van der Waals surface area (Å²) in [6.07, 6.45) is 5.40. The van der Waals surface area contributed by atoms with E-state index in [1.807, 2.05) is 6.07 Å². The fraction of sp³-hybridized carbons (Fsp3) is 0.333. The van der Waals surface area contributed by atoms with Gasteiger partial charge in [0, 0.05) is 0 Å². The average molecular weight is 301 g/mol. The van der Waals surface area contributed by atoms with Gasteiger partial charge in [0.25, 0.3) is 0 Å². The van der Waals surface area contributed by atoms with Crippen LogP contribution in [0.5, 0.6) is 0 Å². The van der Waals surface area contributed by atoms with Crippen LogP contribution in [-0.2, 0) is 4.43 Å². The van der Waals surface area contributed by atoms with Crippen LogP contribution in [0.25, 0.3) is 0 Å².